The molecule has 0 unspecified atom stereocenters. The zero-order chi connectivity index (χ0) is 6.85. The zero-order valence-corrected chi connectivity index (χ0v) is 4.23. The van der Waals surface area contributed by atoms with Gasteiger partial charge in [0.05, 0.1) is 2.74 Å². The molecule has 0 N–H and O–H groups in total. The van der Waals surface area contributed by atoms with Gasteiger partial charge in [0.1, 0.15) is 0 Å². The highest BCUT2D eigenvalue weighted by Gasteiger charge is 1.72. The van der Waals surface area contributed by atoms with Crippen molar-refractivity contribution in [1.29, 1.82) is 0 Å². The summed E-state index contributed by atoms with van der Waals surface area (Å²) in [5, 5.41) is 0. The molecule has 0 heterocycles. The molecule has 0 saturated carbocycles. The number of hydrogen-bond acceptors (Lipinski definition) is 0. The van der Waals surface area contributed by atoms with Gasteiger partial charge in [-0.15, -0.1) is 0 Å². The molecule has 0 atom stereocenters. The third-order valence-corrected chi connectivity index (χ3v) is 0.790. The molecular formula is C7H8. The van der Waals surface area contributed by atoms with Crippen LogP contribution in [0.4, 0.5) is 0 Å². The third-order valence-electron chi connectivity index (χ3n) is 0.790. The summed E-state index contributed by atoms with van der Waals surface area (Å²) in [6.45, 7) is 1.83. The van der Waals surface area contributed by atoms with Crippen molar-refractivity contribution >= 4 is 0 Å². The molecule has 0 spiro atoms. The molecule has 36 valence electrons. The minimum absolute atomic E-state index is 0.475. The van der Waals surface area contributed by atoms with Gasteiger partial charge >= 0.3 is 0 Å². The second-order valence-corrected chi connectivity index (χ2v) is 1.47. The molecule has 1 aromatic rings. The van der Waals surface area contributed by atoms with Crippen LogP contribution < -0.4 is 0 Å². The summed E-state index contributed by atoms with van der Waals surface area (Å²) in [4.78, 5) is 0. The van der Waals surface area contributed by atoms with E-state index in [1.165, 1.54) is 0 Å². The van der Waals surface area contributed by atoms with Crippen LogP contribution in [0.25, 0.3) is 0 Å². The van der Waals surface area contributed by atoms with E-state index in [2.05, 4.69) is 0 Å². The van der Waals surface area contributed by atoms with Crippen molar-refractivity contribution < 1.29 is 2.74 Å². The molecule has 1 aromatic carbocycles. The van der Waals surface area contributed by atoms with Crippen LogP contribution in [0.3, 0.4) is 0 Å². The Labute approximate surface area is 46.6 Å². The third kappa shape index (κ3) is 1.04. The van der Waals surface area contributed by atoms with Gasteiger partial charge in [-0.25, -0.2) is 0 Å². The largest absolute Gasteiger partial charge is 0.0625 e. The van der Waals surface area contributed by atoms with Gasteiger partial charge in [-0.05, 0) is 6.92 Å². The van der Waals surface area contributed by atoms with Crippen molar-refractivity contribution in [3.63, 3.8) is 0 Å². The van der Waals surface area contributed by atoms with Gasteiger partial charge < -0.3 is 0 Å². The molecule has 0 saturated heterocycles. The van der Waals surface area contributed by atoms with Crippen LogP contribution >= 0.6 is 0 Å². The number of aryl methyl sites for hydroxylation is 1. The minimum Gasteiger partial charge on any atom is -0.0622 e. The minimum atomic E-state index is 0.475. The van der Waals surface area contributed by atoms with Crippen LogP contribution in [0, 0.1) is 6.92 Å². The molecule has 0 aliphatic rings. The quantitative estimate of drug-likeness (QED) is 0.461. The van der Waals surface area contributed by atoms with E-state index in [9.17, 15) is 0 Å². The van der Waals surface area contributed by atoms with Gasteiger partial charge in [-0.2, -0.15) is 0 Å². The Bertz CT molecular complexity index is 218. The molecule has 0 aromatic heterocycles. The highest BCUT2D eigenvalue weighted by Crippen LogP contribution is 1.92. The molecule has 0 aliphatic heterocycles. The maximum Gasteiger partial charge on any atom is 0.0625 e. The van der Waals surface area contributed by atoms with Gasteiger partial charge in [-0.1, -0.05) is 35.8 Å². The van der Waals surface area contributed by atoms with Crippen LogP contribution in [0.15, 0.2) is 30.3 Å². The second-order valence-electron chi connectivity index (χ2n) is 1.47. The molecule has 7 heavy (non-hydrogen) atoms. The number of benzene rings is 1. The Balaban J connectivity index is 3.17. The van der Waals surface area contributed by atoms with E-state index in [4.69, 9.17) is 2.74 Å². The Kier molecular flexibility index (Phi) is 0.639. The van der Waals surface area contributed by atoms with Crippen molar-refractivity contribution in [2.75, 3.05) is 0 Å². The first-order valence-corrected chi connectivity index (χ1v) is 2.24. The van der Waals surface area contributed by atoms with Crippen molar-refractivity contribution in [2.45, 2.75) is 6.92 Å². The second kappa shape index (κ2) is 1.78. The lowest BCUT2D eigenvalue weighted by molar-refractivity contribution is 1.48. The van der Waals surface area contributed by atoms with E-state index in [0.29, 0.717) is 12.1 Å². The SMILES string of the molecule is [2H]c1ccc([2H])c(C)c1. The Morgan fingerprint density at radius 2 is 2.43 bits per heavy atom. The molecule has 0 heteroatoms. The lowest BCUT2D eigenvalue weighted by atomic mass is 10.2. The van der Waals surface area contributed by atoms with Crippen molar-refractivity contribution in [2.24, 2.45) is 0 Å². The van der Waals surface area contributed by atoms with Crippen LogP contribution in [-0.4, -0.2) is 0 Å². The van der Waals surface area contributed by atoms with Gasteiger partial charge in [0.25, 0.3) is 0 Å². The van der Waals surface area contributed by atoms with Crippen LogP contribution in [0.1, 0.15) is 8.30 Å². The standard InChI is InChI=1S/C7H8/c1-7-5-3-2-4-6-7/h2-6H,1H3/i3D,6D. The number of rotatable bonds is 0. The topological polar surface area (TPSA) is 0 Å². The van der Waals surface area contributed by atoms with Crippen molar-refractivity contribution in [3.8, 4) is 0 Å². The summed E-state index contributed by atoms with van der Waals surface area (Å²) in [6.07, 6.45) is 0. The van der Waals surface area contributed by atoms with Crippen LogP contribution in [-0.2, 0) is 0 Å². The summed E-state index contributed by atoms with van der Waals surface area (Å²) < 4.78 is 14.4. The average Bonchev–Trinajstić information content (AvgIpc) is 1.80. The molecule has 0 fully saturated rings. The summed E-state index contributed by atoms with van der Waals surface area (Å²) in [7, 11) is 0. The molecular weight excluding hydrogens is 84.1 g/mol. The predicted octanol–water partition coefficient (Wildman–Crippen LogP) is 2.00. The monoisotopic (exact) mass is 94.1 g/mol. The smallest absolute Gasteiger partial charge is 0.0622 e. The first-order valence-electron chi connectivity index (χ1n) is 3.24. The van der Waals surface area contributed by atoms with E-state index in [-0.39, 0.29) is 0 Å². The molecule has 0 radical (unpaired) electrons. The Morgan fingerprint density at radius 3 is 3.00 bits per heavy atom. The van der Waals surface area contributed by atoms with E-state index in [0.717, 1.165) is 5.56 Å². The van der Waals surface area contributed by atoms with Crippen LogP contribution in [0.2, 0.25) is 0 Å². The molecule has 0 amide bonds. The molecule has 0 aliphatic carbocycles. The fraction of sp³-hybridized carbons (Fsp3) is 0.143. The van der Waals surface area contributed by atoms with Crippen LogP contribution in [0.5, 0.6) is 0 Å². The average molecular weight is 94.2 g/mol. The van der Waals surface area contributed by atoms with E-state index in [1.54, 1.807) is 18.2 Å². The maximum absolute atomic E-state index is 7.23. The fourth-order valence-corrected chi connectivity index (χ4v) is 0.436. The first kappa shape index (κ1) is 2.51. The highest BCUT2D eigenvalue weighted by molar-refractivity contribution is 5.11. The zero-order valence-electron chi connectivity index (χ0n) is 6.23. The summed E-state index contributed by atoms with van der Waals surface area (Å²) in [6, 6.07) is 5.92. The van der Waals surface area contributed by atoms with E-state index in [1.807, 2.05) is 6.92 Å². The van der Waals surface area contributed by atoms with Crippen molar-refractivity contribution in [3.05, 3.63) is 35.8 Å². The summed E-state index contributed by atoms with van der Waals surface area (Å²) in [5.41, 5.74) is 0.863. The predicted molar refractivity (Wildman–Crippen MR) is 31.2 cm³/mol. The summed E-state index contributed by atoms with van der Waals surface area (Å²) in [5.74, 6) is 0. The molecule has 0 bridgehead atoms. The lowest BCUT2D eigenvalue weighted by Crippen LogP contribution is -1.62. The summed E-state index contributed by atoms with van der Waals surface area (Å²) >= 11 is 0. The van der Waals surface area contributed by atoms with Gasteiger partial charge in [-0.3, -0.25) is 0 Å². The number of hydrogen-bond donors (Lipinski definition) is 0. The normalized spacial score (nSPS) is 12.7. The lowest BCUT2D eigenvalue weighted by Gasteiger charge is -1.82. The van der Waals surface area contributed by atoms with Crippen molar-refractivity contribution in [1.82, 2.24) is 0 Å². The highest BCUT2D eigenvalue weighted by atomic mass is 13.8. The van der Waals surface area contributed by atoms with Gasteiger partial charge in [0.2, 0.25) is 0 Å². The Morgan fingerprint density at radius 1 is 1.57 bits per heavy atom. The first-order chi connectivity index (χ1) is 4.20. The van der Waals surface area contributed by atoms with Gasteiger partial charge in [0.15, 0.2) is 0 Å². The maximum atomic E-state index is 7.23. The van der Waals surface area contributed by atoms with E-state index >= 15 is 0 Å². The fourth-order valence-electron chi connectivity index (χ4n) is 0.436. The molecule has 0 nitrogen and oxygen atoms in total. The molecule has 1 rings (SSSR count). The Hall–Kier alpha value is -0.780. The van der Waals surface area contributed by atoms with Gasteiger partial charge in [0, 0.05) is 0 Å². The van der Waals surface area contributed by atoms with E-state index < -0.39 is 0 Å².